The number of fused-ring (bicyclic) bond motifs is 4. The third-order valence-electron chi connectivity index (χ3n) is 7.18. The molecule has 2 atom stereocenters. The number of rotatable bonds is 2. The molecule has 0 unspecified atom stereocenters. The number of nitrogens with zero attached hydrogens (tertiary/aromatic N) is 1. The molecule has 1 saturated heterocycles. The Hall–Kier alpha value is -2.18. The fraction of sp³-hybridized carbons (Fsp3) is 0.409. The monoisotopic (exact) mass is 398 g/mol. The number of benzene rings is 2. The molecule has 2 aliphatic rings. The number of nitrogens with two attached hydrogens (primary N) is 1. The van der Waals surface area contributed by atoms with Gasteiger partial charge in [0.05, 0.1) is 4.90 Å². The average molecular weight is 399 g/mol. The zero-order valence-electron chi connectivity index (χ0n) is 16.5. The van der Waals surface area contributed by atoms with Crippen molar-refractivity contribution in [1.82, 2.24) is 4.90 Å². The molecule has 0 radical (unpaired) electrons. The van der Waals surface area contributed by atoms with Crippen LogP contribution in [0.15, 0.2) is 53.4 Å². The molecule has 1 aliphatic carbocycles. The van der Waals surface area contributed by atoms with Crippen molar-refractivity contribution in [2.45, 2.75) is 50.0 Å². The molecule has 4 rings (SSSR count). The van der Waals surface area contributed by atoms with Gasteiger partial charge in [0, 0.05) is 23.6 Å². The molecular formula is C22H26N2O3S. The Balaban J connectivity index is 1.75. The minimum absolute atomic E-state index is 0.00820. The maximum atomic E-state index is 13.4. The highest BCUT2D eigenvalue weighted by atomic mass is 32.2. The van der Waals surface area contributed by atoms with Gasteiger partial charge in [-0.05, 0) is 47.6 Å². The van der Waals surface area contributed by atoms with Crippen LogP contribution in [-0.2, 0) is 21.9 Å². The van der Waals surface area contributed by atoms with Gasteiger partial charge in [-0.1, -0.05) is 51.1 Å². The minimum atomic E-state index is -3.85. The van der Waals surface area contributed by atoms with Crippen molar-refractivity contribution >= 4 is 15.9 Å². The van der Waals surface area contributed by atoms with Gasteiger partial charge in [0.1, 0.15) is 0 Å². The van der Waals surface area contributed by atoms with Crippen LogP contribution in [0.3, 0.4) is 0 Å². The lowest BCUT2D eigenvalue weighted by molar-refractivity contribution is -0.0262. The number of carbonyl (C=O) groups is 1. The van der Waals surface area contributed by atoms with E-state index in [1.165, 1.54) is 23.3 Å². The molecule has 1 heterocycles. The largest absolute Gasteiger partial charge is 0.335 e. The summed E-state index contributed by atoms with van der Waals surface area (Å²) >= 11 is 0. The van der Waals surface area contributed by atoms with Crippen LogP contribution in [0.5, 0.6) is 0 Å². The Morgan fingerprint density at radius 2 is 1.82 bits per heavy atom. The molecule has 2 aromatic carbocycles. The molecule has 2 N–H and O–H groups in total. The van der Waals surface area contributed by atoms with E-state index in [0.717, 1.165) is 12.8 Å². The molecule has 1 amide bonds. The molecule has 2 bridgehead atoms. The second-order valence-corrected chi connectivity index (χ2v) is 10.3. The van der Waals surface area contributed by atoms with E-state index in [1.807, 2.05) is 4.90 Å². The first kappa shape index (κ1) is 19.2. The Morgan fingerprint density at radius 3 is 2.54 bits per heavy atom. The van der Waals surface area contributed by atoms with Gasteiger partial charge in [-0.15, -0.1) is 0 Å². The highest BCUT2D eigenvalue weighted by molar-refractivity contribution is 7.89. The van der Waals surface area contributed by atoms with E-state index < -0.39 is 10.0 Å². The van der Waals surface area contributed by atoms with E-state index in [9.17, 15) is 13.2 Å². The number of primary sulfonamides is 1. The number of piperidine rings is 1. The summed E-state index contributed by atoms with van der Waals surface area (Å²) in [5.74, 6) is -0.134. The van der Waals surface area contributed by atoms with Crippen molar-refractivity contribution in [1.29, 1.82) is 0 Å². The smallest absolute Gasteiger partial charge is 0.254 e. The quantitative estimate of drug-likeness (QED) is 0.844. The molecule has 148 valence electrons. The van der Waals surface area contributed by atoms with Gasteiger partial charge in [-0.2, -0.15) is 0 Å². The number of carbonyl (C=O) groups excluding carboxylic acids is 1. The predicted octanol–water partition coefficient (Wildman–Crippen LogP) is 3.09. The van der Waals surface area contributed by atoms with Crippen molar-refractivity contribution in [3.8, 4) is 0 Å². The van der Waals surface area contributed by atoms with Gasteiger partial charge < -0.3 is 4.90 Å². The highest BCUT2D eigenvalue weighted by Crippen LogP contribution is 2.56. The molecule has 0 saturated carbocycles. The van der Waals surface area contributed by atoms with Gasteiger partial charge in [0.15, 0.2) is 0 Å². The first-order valence-corrected chi connectivity index (χ1v) is 11.1. The Morgan fingerprint density at radius 1 is 1.11 bits per heavy atom. The zero-order valence-corrected chi connectivity index (χ0v) is 17.3. The number of hydrogen-bond acceptors (Lipinski definition) is 3. The second-order valence-electron chi connectivity index (χ2n) is 8.75. The summed E-state index contributed by atoms with van der Waals surface area (Å²) in [7, 11) is -3.85. The van der Waals surface area contributed by atoms with Gasteiger partial charge >= 0.3 is 0 Å². The Bertz CT molecular complexity index is 1060. The summed E-state index contributed by atoms with van der Waals surface area (Å²) in [6, 6.07) is 14.6. The van der Waals surface area contributed by atoms with Crippen LogP contribution in [0.4, 0.5) is 0 Å². The predicted molar refractivity (Wildman–Crippen MR) is 109 cm³/mol. The van der Waals surface area contributed by atoms with Crippen molar-refractivity contribution in [3.05, 3.63) is 65.2 Å². The lowest BCUT2D eigenvalue weighted by atomic mass is 9.51. The van der Waals surface area contributed by atoms with Gasteiger partial charge in [-0.25, -0.2) is 13.6 Å². The van der Waals surface area contributed by atoms with Crippen molar-refractivity contribution in [2.75, 3.05) is 6.54 Å². The van der Waals surface area contributed by atoms with Crippen LogP contribution in [0.2, 0.25) is 0 Å². The minimum Gasteiger partial charge on any atom is -0.335 e. The molecule has 2 aromatic rings. The molecule has 0 aromatic heterocycles. The van der Waals surface area contributed by atoms with Crippen LogP contribution in [0, 0.1) is 5.41 Å². The lowest BCUT2D eigenvalue weighted by Crippen LogP contribution is -2.64. The molecule has 1 fully saturated rings. The maximum Gasteiger partial charge on any atom is 0.254 e. The summed E-state index contributed by atoms with van der Waals surface area (Å²) < 4.78 is 23.4. The van der Waals surface area contributed by atoms with Gasteiger partial charge in [-0.3, -0.25) is 4.79 Å². The Labute approximate surface area is 166 Å². The maximum absolute atomic E-state index is 13.4. The van der Waals surface area contributed by atoms with Crippen LogP contribution in [0.1, 0.15) is 48.7 Å². The van der Waals surface area contributed by atoms with E-state index in [0.29, 0.717) is 12.1 Å². The Kier molecular flexibility index (Phi) is 4.21. The number of likely N-dealkylation sites (tertiary alicyclic amines) is 1. The first-order valence-electron chi connectivity index (χ1n) is 9.58. The van der Waals surface area contributed by atoms with Gasteiger partial charge in [0.2, 0.25) is 10.0 Å². The van der Waals surface area contributed by atoms with Crippen molar-refractivity contribution in [3.63, 3.8) is 0 Å². The van der Waals surface area contributed by atoms with E-state index in [2.05, 4.69) is 45.0 Å². The van der Waals surface area contributed by atoms with E-state index in [-0.39, 0.29) is 27.7 Å². The van der Waals surface area contributed by atoms with E-state index in [1.54, 1.807) is 12.1 Å². The molecule has 6 heteroatoms. The molecule has 0 spiro atoms. The number of amides is 1. The van der Waals surface area contributed by atoms with E-state index >= 15 is 0 Å². The summed E-state index contributed by atoms with van der Waals surface area (Å²) in [5.41, 5.74) is 2.94. The normalized spacial score (nSPS) is 25.9. The van der Waals surface area contributed by atoms with Crippen LogP contribution >= 0.6 is 0 Å². The first-order chi connectivity index (χ1) is 13.1. The van der Waals surface area contributed by atoms with Crippen molar-refractivity contribution in [2.24, 2.45) is 10.6 Å². The van der Waals surface area contributed by atoms with Crippen LogP contribution in [0.25, 0.3) is 0 Å². The van der Waals surface area contributed by atoms with E-state index in [4.69, 9.17) is 5.14 Å². The number of sulfonamides is 1. The zero-order chi connectivity index (χ0) is 20.3. The molecule has 28 heavy (non-hydrogen) atoms. The highest BCUT2D eigenvalue weighted by Gasteiger charge is 2.56. The summed E-state index contributed by atoms with van der Waals surface area (Å²) in [6.07, 6.45) is 1.67. The average Bonchev–Trinajstić information content (AvgIpc) is 2.64. The summed E-state index contributed by atoms with van der Waals surface area (Å²) in [4.78, 5) is 15.3. The molecular weight excluding hydrogens is 372 g/mol. The lowest BCUT2D eigenvalue weighted by Gasteiger charge is -2.60. The summed E-state index contributed by atoms with van der Waals surface area (Å²) in [5, 5.41) is 5.25. The third kappa shape index (κ3) is 2.70. The van der Waals surface area contributed by atoms with Gasteiger partial charge in [0.25, 0.3) is 5.91 Å². The second kappa shape index (κ2) is 6.16. The standard InChI is InChI=1S/C22H26N2O3S/c1-21(2)19-14-15-7-4-5-10-18(15)22(21,3)11-12-24(19)20(25)16-8-6-9-17(13-16)28(23,26)27/h4-10,13,19H,11-12,14H2,1-3H3,(H2,23,26,27)/t19-,22+/m1/s1. The van der Waals surface area contributed by atoms with Crippen molar-refractivity contribution < 1.29 is 13.2 Å². The third-order valence-corrected chi connectivity index (χ3v) is 8.09. The SMILES string of the molecule is CC1(C)[C@H]2Cc3ccccc3[C@]1(C)CCN2C(=O)c1cccc(S(N)(=O)=O)c1. The number of hydrogen-bond donors (Lipinski definition) is 1. The summed E-state index contributed by atoms with van der Waals surface area (Å²) in [6.45, 7) is 7.44. The molecule has 5 nitrogen and oxygen atoms in total. The van der Waals surface area contributed by atoms with Crippen LogP contribution in [-0.4, -0.2) is 31.8 Å². The topological polar surface area (TPSA) is 80.5 Å². The fourth-order valence-electron chi connectivity index (χ4n) is 5.09. The van der Waals surface area contributed by atoms with Crippen LogP contribution < -0.4 is 5.14 Å². The molecule has 1 aliphatic heterocycles. The fourth-order valence-corrected chi connectivity index (χ4v) is 5.65.